The van der Waals surface area contributed by atoms with Crippen molar-refractivity contribution >= 4 is 46.0 Å². The predicted molar refractivity (Wildman–Crippen MR) is 132 cm³/mol. The van der Waals surface area contributed by atoms with Crippen molar-refractivity contribution in [3.8, 4) is 5.75 Å². The highest BCUT2D eigenvalue weighted by atomic mass is 32.2. The van der Waals surface area contributed by atoms with Crippen molar-refractivity contribution in [1.29, 1.82) is 0 Å². The van der Waals surface area contributed by atoms with Crippen molar-refractivity contribution in [2.24, 2.45) is 0 Å². The van der Waals surface area contributed by atoms with Crippen LogP contribution in [0.5, 0.6) is 5.75 Å². The smallest absolute Gasteiger partial charge is 0.270 e. The summed E-state index contributed by atoms with van der Waals surface area (Å²) in [5.74, 6) is 0.218. The average Bonchev–Trinajstić information content (AvgIpc) is 2.89. The maximum Gasteiger partial charge on any atom is 0.270 e. The van der Waals surface area contributed by atoms with E-state index < -0.39 is 0 Å². The number of phenolic OH excluding ortho intramolecular Hbond substituents is 1. The number of thiocarbonyl (C=S) groups is 1. The standard InChI is InChI=1S/C25H29NO2S2/c1-15-8-10-17(11-9-15)26-22(28)20(30-23(26)29)14-16-12-18(24(2,3)4)21(27)19(13-16)25(5,6)7/h8-14,27H,1-7H3/b20-14+. The van der Waals surface area contributed by atoms with Gasteiger partial charge in [-0.05, 0) is 53.7 Å². The predicted octanol–water partition coefficient (Wildman–Crippen LogP) is 6.70. The third-order valence-electron chi connectivity index (χ3n) is 5.13. The van der Waals surface area contributed by atoms with Gasteiger partial charge in [-0.15, -0.1) is 0 Å². The number of hydrogen-bond donors (Lipinski definition) is 1. The SMILES string of the molecule is Cc1ccc(N2C(=O)/C(=C\c3cc(C(C)(C)C)c(O)c(C(C)(C)C)c3)SC2=S)cc1. The summed E-state index contributed by atoms with van der Waals surface area (Å²) in [6.45, 7) is 14.5. The lowest BCUT2D eigenvalue weighted by atomic mass is 9.78. The van der Waals surface area contributed by atoms with Crippen LogP contribution in [0.3, 0.4) is 0 Å². The molecular weight excluding hydrogens is 410 g/mol. The maximum absolute atomic E-state index is 13.1. The number of hydrogen-bond acceptors (Lipinski definition) is 4. The number of nitrogens with zero attached hydrogens (tertiary/aromatic N) is 1. The summed E-state index contributed by atoms with van der Waals surface area (Å²) in [4.78, 5) is 15.3. The van der Waals surface area contributed by atoms with Crippen molar-refractivity contribution in [3.05, 3.63) is 63.6 Å². The molecule has 0 bridgehead atoms. The van der Waals surface area contributed by atoms with Crippen LogP contribution >= 0.6 is 24.0 Å². The number of carbonyl (C=O) groups is 1. The Balaban J connectivity index is 2.07. The van der Waals surface area contributed by atoms with Crippen LogP contribution < -0.4 is 4.90 Å². The molecule has 1 heterocycles. The quantitative estimate of drug-likeness (QED) is 0.417. The van der Waals surface area contributed by atoms with Gasteiger partial charge in [0.1, 0.15) is 5.75 Å². The Morgan fingerprint density at radius 1 is 0.967 bits per heavy atom. The number of amides is 1. The molecule has 158 valence electrons. The van der Waals surface area contributed by atoms with Gasteiger partial charge in [0.25, 0.3) is 5.91 Å². The van der Waals surface area contributed by atoms with Gasteiger partial charge in [0.05, 0.1) is 10.6 Å². The molecule has 0 saturated carbocycles. The molecule has 2 aromatic rings. The number of aryl methyl sites for hydroxylation is 1. The number of phenols is 1. The molecule has 0 atom stereocenters. The summed E-state index contributed by atoms with van der Waals surface area (Å²) >= 11 is 6.82. The first kappa shape index (κ1) is 22.6. The van der Waals surface area contributed by atoms with E-state index in [0.717, 1.165) is 27.9 Å². The lowest BCUT2D eigenvalue weighted by Gasteiger charge is -2.28. The second-order valence-corrected chi connectivity index (χ2v) is 11.5. The van der Waals surface area contributed by atoms with E-state index >= 15 is 0 Å². The summed E-state index contributed by atoms with van der Waals surface area (Å²) in [5, 5.41) is 10.9. The molecule has 0 aromatic heterocycles. The molecule has 5 heteroatoms. The van der Waals surface area contributed by atoms with Gasteiger partial charge in [-0.1, -0.05) is 83.2 Å². The summed E-state index contributed by atoms with van der Waals surface area (Å²) in [5.41, 5.74) is 4.09. The summed E-state index contributed by atoms with van der Waals surface area (Å²) in [6.07, 6.45) is 1.89. The minimum atomic E-state index is -0.228. The Kier molecular flexibility index (Phi) is 5.91. The van der Waals surface area contributed by atoms with E-state index in [4.69, 9.17) is 12.2 Å². The van der Waals surface area contributed by atoms with Crippen LogP contribution in [-0.2, 0) is 15.6 Å². The molecule has 1 aliphatic heterocycles. The van der Waals surface area contributed by atoms with Crippen LogP contribution in [0.1, 0.15) is 63.8 Å². The van der Waals surface area contributed by atoms with Crippen LogP contribution in [0.2, 0.25) is 0 Å². The molecule has 1 saturated heterocycles. The number of thioether (sulfide) groups is 1. The molecule has 1 fully saturated rings. The van der Waals surface area contributed by atoms with Crippen LogP contribution in [0.15, 0.2) is 41.3 Å². The van der Waals surface area contributed by atoms with Gasteiger partial charge in [0, 0.05) is 11.1 Å². The number of anilines is 1. The van der Waals surface area contributed by atoms with E-state index in [0.29, 0.717) is 15.0 Å². The fourth-order valence-corrected chi connectivity index (χ4v) is 4.72. The van der Waals surface area contributed by atoms with Crippen LogP contribution in [0, 0.1) is 6.92 Å². The Morgan fingerprint density at radius 2 is 1.47 bits per heavy atom. The normalized spacial score (nSPS) is 16.6. The number of rotatable bonds is 2. The van der Waals surface area contributed by atoms with Crippen LogP contribution in [0.25, 0.3) is 6.08 Å². The fourth-order valence-electron chi connectivity index (χ4n) is 3.42. The second-order valence-electron chi connectivity index (χ2n) is 9.82. The number of benzene rings is 2. The molecule has 3 nitrogen and oxygen atoms in total. The lowest BCUT2D eigenvalue weighted by Crippen LogP contribution is -2.27. The zero-order valence-corrected chi connectivity index (χ0v) is 20.3. The molecule has 0 unspecified atom stereocenters. The Morgan fingerprint density at radius 3 is 1.93 bits per heavy atom. The molecule has 1 amide bonds. The van der Waals surface area contributed by atoms with E-state index in [2.05, 4.69) is 41.5 Å². The van der Waals surface area contributed by atoms with Crippen molar-refractivity contribution in [3.63, 3.8) is 0 Å². The lowest BCUT2D eigenvalue weighted by molar-refractivity contribution is -0.113. The van der Waals surface area contributed by atoms with Gasteiger partial charge in [-0.25, -0.2) is 0 Å². The van der Waals surface area contributed by atoms with Gasteiger partial charge in [-0.2, -0.15) is 0 Å². The van der Waals surface area contributed by atoms with Gasteiger partial charge in [0.15, 0.2) is 4.32 Å². The molecule has 0 spiro atoms. The van der Waals surface area contributed by atoms with E-state index in [9.17, 15) is 9.90 Å². The number of carbonyl (C=O) groups excluding carboxylic acids is 1. The first-order valence-electron chi connectivity index (χ1n) is 10.0. The first-order chi connectivity index (χ1) is 13.8. The van der Waals surface area contributed by atoms with Crippen molar-refractivity contribution in [1.82, 2.24) is 0 Å². The highest BCUT2D eigenvalue weighted by Crippen LogP contribution is 2.41. The zero-order chi connectivity index (χ0) is 22.4. The average molecular weight is 440 g/mol. The molecular formula is C25H29NO2S2. The maximum atomic E-state index is 13.1. The second kappa shape index (κ2) is 7.86. The van der Waals surface area contributed by atoms with E-state index in [1.807, 2.05) is 49.4 Å². The Labute approximate surface area is 189 Å². The van der Waals surface area contributed by atoms with Crippen molar-refractivity contribution < 1.29 is 9.90 Å². The van der Waals surface area contributed by atoms with Crippen LogP contribution in [0.4, 0.5) is 5.69 Å². The van der Waals surface area contributed by atoms with Gasteiger partial charge in [-0.3, -0.25) is 9.69 Å². The minimum Gasteiger partial charge on any atom is -0.507 e. The molecule has 1 N–H and O–H groups in total. The van der Waals surface area contributed by atoms with Gasteiger partial charge < -0.3 is 5.11 Å². The number of aromatic hydroxyl groups is 1. The third kappa shape index (κ3) is 4.47. The highest BCUT2D eigenvalue weighted by molar-refractivity contribution is 8.27. The Bertz CT molecular complexity index is 1000. The van der Waals surface area contributed by atoms with Crippen molar-refractivity contribution in [2.75, 3.05) is 4.90 Å². The summed E-state index contributed by atoms with van der Waals surface area (Å²) in [6, 6.07) is 11.7. The van der Waals surface area contributed by atoms with Gasteiger partial charge in [0.2, 0.25) is 0 Å². The third-order valence-corrected chi connectivity index (χ3v) is 6.43. The summed E-state index contributed by atoms with van der Waals surface area (Å²) < 4.78 is 0.529. The van der Waals surface area contributed by atoms with E-state index in [-0.39, 0.29) is 16.7 Å². The molecule has 0 radical (unpaired) electrons. The first-order valence-corrected chi connectivity index (χ1v) is 11.2. The highest BCUT2D eigenvalue weighted by Gasteiger charge is 2.34. The fraction of sp³-hybridized carbons (Fsp3) is 0.360. The zero-order valence-electron chi connectivity index (χ0n) is 18.7. The van der Waals surface area contributed by atoms with Crippen molar-refractivity contribution in [2.45, 2.75) is 59.3 Å². The van der Waals surface area contributed by atoms with E-state index in [1.54, 1.807) is 4.90 Å². The minimum absolute atomic E-state index is 0.114. The molecule has 2 aromatic carbocycles. The topological polar surface area (TPSA) is 40.5 Å². The van der Waals surface area contributed by atoms with E-state index in [1.165, 1.54) is 11.8 Å². The van der Waals surface area contributed by atoms with Crippen LogP contribution in [-0.4, -0.2) is 15.3 Å². The van der Waals surface area contributed by atoms with Gasteiger partial charge >= 0.3 is 0 Å². The summed E-state index contributed by atoms with van der Waals surface area (Å²) in [7, 11) is 0. The largest absolute Gasteiger partial charge is 0.507 e. The Hall–Kier alpha value is -2.11. The monoisotopic (exact) mass is 439 g/mol. The molecule has 3 rings (SSSR count). The molecule has 30 heavy (non-hydrogen) atoms. The molecule has 1 aliphatic rings. The molecule has 0 aliphatic carbocycles.